The molecule has 4 rings (SSSR count). The summed E-state index contributed by atoms with van der Waals surface area (Å²) in [6.07, 6.45) is 2.17. The van der Waals surface area contributed by atoms with Crippen LogP contribution in [0.2, 0.25) is 5.02 Å². The van der Waals surface area contributed by atoms with Gasteiger partial charge < -0.3 is 9.88 Å². The lowest BCUT2D eigenvalue weighted by Gasteiger charge is -2.19. The molecule has 2 aromatic carbocycles. The molecule has 0 saturated carbocycles. The van der Waals surface area contributed by atoms with E-state index in [9.17, 15) is 9.59 Å². The lowest BCUT2D eigenvalue weighted by atomic mass is 10.1. The number of carbonyl (C=O) groups is 1. The van der Waals surface area contributed by atoms with E-state index in [1.165, 1.54) is 0 Å². The van der Waals surface area contributed by atoms with Crippen LogP contribution in [0, 0.1) is 0 Å². The maximum atomic E-state index is 13.0. The molecule has 4 aromatic rings. The number of para-hydroxylation sites is 1. The second-order valence-corrected chi connectivity index (χ2v) is 7.06. The number of nitrogens with one attached hydrogen (secondary N) is 2. The highest BCUT2D eigenvalue weighted by Crippen LogP contribution is 2.30. The van der Waals surface area contributed by atoms with Crippen LogP contribution in [-0.4, -0.2) is 20.7 Å². The Morgan fingerprint density at radius 3 is 2.82 bits per heavy atom. The van der Waals surface area contributed by atoms with Crippen LogP contribution in [0.15, 0.2) is 59.5 Å². The Hall–Kier alpha value is -3.12. The number of nitrogens with zero attached hydrogens (tertiary/aromatic N) is 2. The highest BCUT2D eigenvalue weighted by Gasteiger charge is 2.24. The molecule has 0 aliphatic carbocycles. The lowest BCUT2D eigenvalue weighted by Crippen LogP contribution is -2.32. The average molecular weight is 395 g/mol. The van der Waals surface area contributed by atoms with E-state index in [4.69, 9.17) is 11.6 Å². The van der Waals surface area contributed by atoms with Crippen molar-refractivity contribution in [3.63, 3.8) is 0 Å². The molecule has 28 heavy (non-hydrogen) atoms. The van der Waals surface area contributed by atoms with Gasteiger partial charge in [-0.2, -0.15) is 5.10 Å². The molecule has 0 saturated heterocycles. The highest BCUT2D eigenvalue weighted by atomic mass is 35.5. The topological polar surface area (TPSA) is 79.8 Å². The van der Waals surface area contributed by atoms with Crippen molar-refractivity contribution in [1.82, 2.24) is 20.1 Å². The summed E-state index contributed by atoms with van der Waals surface area (Å²) in [5, 5.41) is 11.6. The summed E-state index contributed by atoms with van der Waals surface area (Å²) >= 11 is 6.02. The van der Waals surface area contributed by atoms with Gasteiger partial charge in [0.15, 0.2) is 0 Å². The minimum Gasteiger partial charge on any atom is -0.350 e. The van der Waals surface area contributed by atoms with Crippen LogP contribution in [-0.2, 0) is 11.3 Å². The molecule has 0 fully saturated rings. The summed E-state index contributed by atoms with van der Waals surface area (Å²) in [7, 11) is 0. The predicted octanol–water partition coefficient (Wildman–Crippen LogP) is 3.80. The summed E-state index contributed by atoms with van der Waals surface area (Å²) in [4.78, 5) is 25.6. The van der Waals surface area contributed by atoms with Crippen LogP contribution in [0.4, 0.5) is 0 Å². The normalized spacial score (nSPS) is 12.4. The summed E-state index contributed by atoms with van der Waals surface area (Å²) in [6.45, 7) is 2.30. The molecule has 142 valence electrons. The number of hydrogen-bond acceptors (Lipinski definition) is 3. The molecule has 1 atom stereocenters. The van der Waals surface area contributed by atoms with E-state index in [2.05, 4.69) is 15.5 Å². The third-order valence-electron chi connectivity index (χ3n) is 4.88. The van der Waals surface area contributed by atoms with E-state index in [0.29, 0.717) is 23.5 Å². The fourth-order valence-electron chi connectivity index (χ4n) is 3.62. The first-order chi connectivity index (χ1) is 13.6. The third-order valence-corrected chi connectivity index (χ3v) is 5.12. The maximum absolute atomic E-state index is 13.0. The minimum atomic E-state index is -0.523. The van der Waals surface area contributed by atoms with Crippen molar-refractivity contribution in [3.05, 3.63) is 75.7 Å². The van der Waals surface area contributed by atoms with Gasteiger partial charge in [-0.15, -0.1) is 0 Å². The Bertz CT molecular complexity index is 1230. The fraction of sp³-hybridized carbons (Fsp3) is 0.190. The van der Waals surface area contributed by atoms with Crippen LogP contribution in [0.1, 0.15) is 24.9 Å². The first-order valence-corrected chi connectivity index (χ1v) is 9.46. The van der Waals surface area contributed by atoms with Crippen molar-refractivity contribution in [1.29, 1.82) is 0 Å². The molecule has 2 N–H and O–H groups in total. The Morgan fingerprint density at radius 2 is 2.04 bits per heavy atom. The largest absolute Gasteiger partial charge is 0.350 e. The number of carbonyl (C=O) groups excluding carboxylic acids is 1. The molecule has 2 aromatic heterocycles. The number of fused-ring (bicyclic) bond motifs is 3. The van der Waals surface area contributed by atoms with Gasteiger partial charge in [0.1, 0.15) is 11.6 Å². The zero-order valence-electron chi connectivity index (χ0n) is 15.3. The van der Waals surface area contributed by atoms with Crippen molar-refractivity contribution in [2.45, 2.75) is 25.9 Å². The first-order valence-electron chi connectivity index (χ1n) is 9.08. The van der Waals surface area contributed by atoms with E-state index in [1.54, 1.807) is 12.3 Å². The molecule has 2 heterocycles. The number of benzene rings is 2. The number of hydrogen-bond donors (Lipinski definition) is 2. The molecule has 1 unspecified atom stereocenters. The molecular formula is C21H19ClN4O2. The number of rotatable bonds is 5. The fourth-order valence-corrected chi connectivity index (χ4v) is 3.84. The summed E-state index contributed by atoms with van der Waals surface area (Å²) in [5.74, 6) is -0.152. The quantitative estimate of drug-likeness (QED) is 0.540. The van der Waals surface area contributed by atoms with E-state index < -0.39 is 6.04 Å². The molecular weight excluding hydrogens is 376 g/mol. The molecule has 7 heteroatoms. The number of halogens is 1. The third kappa shape index (κ3) is 3.16. The van der Waals surface area contributed by atoms with E-state index in [0.717, 1.165) is 21.9 Å². The van der Waals surface area contributed by atoms with Gasteiger partial charge in [0.05, 0.1) is 11.7 Å². The zero-order valence-corrected chi connectivity index (χ0v) is 16.0. The molecule has 1 amide bonds. The Morgan fingerprint density at radius 1 is 1.21 bits per heavy atom. The standard InChI is InChI=1S/C21H19ClN4O2/c1-2-17(20(27)23-11-13-6-5-7-14(22)10-13)26-18-9-4-3-8-15(18)16-12-24-25-21(28)19(16)26/h3-10,12,17H,2,11H2,1H3,(H,23,27)(H,25,28). The van der Waals surface area contributed by atoms with Crippen molar-refractivity contribution >= 4 is 39.3 Å². The van der Waals surface area contributed by atoms with Gasteiger partial charge in [-0.25, -0.2) is 5.10 Å². The number of amides is 1. The summed E-state index contributed by atoms with van der Waals surface area (Å²) < 4.78 is 1.82. The van der Waals surface area contributed by atoms with Crippen LogP contribution < -0.4 is 10.9 Å². The van der Waals surface area contributed by atoms with Crippen LogP contribution in [0.3, 0.4) is 0 Å². The van der Waals surface area contributed by atoms with Crippen molar-refractivity contribution in [3.8, 4) is 0 Å². The molecule has 0 aliphatic heterocycles. The monoisotopic (exact) mass is 394 g/mol. The van der Waals surface area contributed by atoms with Gasteiger partial charge in [0.25, 0.3) is 5.56 Å². The Balaban J connectivity index is 1.76. The van der Waals surface area contributed by atoms with E-state index >= 15 is 0 Å². The highest BCUT2D eigenvalue weighted by molar-refractivity contribution is 6.30. The van der Waals surface area contributed by atoms with Crippen LogP contribution >= 0.6 is 11.6 Å². The number of H-pyrrole nitrogens is 1. The molecule has 6 nitrogen and oxygen atoms in total. The smallest absolute Gasteiger partial charge is 0.288 e. The average Bonchev–Trinajstić information content (AvgIpc) is 3.03. The van der Waals surface area contributed by atoms with Gasteiger partial charge in [-0.3, -0.25) is 9.59 Å². The van der Waals surface area contributed by atoms with Gasteiger partial charge in [0.2, 0.25) is 5.91 Å². The second kappa shape index (κ2) is 7.48. The second-order valence-electron chi connectivity index (χ2n) is 6.62. The number of aromatic nitrogens is 3. The number of aromatic amines is 1. The minimum absolute atomic E-state index is 0.152. The predicted molar refractivity (Wildman–Crippen MR) is 110 cm³/mol. The van der Waals surface area contributed by atoms with Crippen molar-refractivity contribution in [2.75, 3.05) is 0 Å². The molecule has 0 bridgehead atoms. The SMILES string of the molecule is CCC(C(=O)NCc1cccc(Cl)c1)n1c2ccccc2c2cn[nH]c(=O)c21. The zero-order chi connectivity index (χ0) is 19.7. The van der Waals surface area contributed by atoms with Gasteiger partial charge in [0, 0.05) is 22.3 Å². The first kappa shape index (κ1) is 18.3. The molecule has 0 aliphatic rings. The van der Waals surface area contributed by atoms with Crippen LogP contribution in [0.5, 0.6) is 0 Å². The Kier molecular flexibility index (Phi) is 4.88. The van der Waals surface area contributed by atoms with Gasteiger partial charge in [-0.05, 0) is 30.2 Å². The van der Waals surface area contributed by atoms with Crippen LogP contribution in [0.25, 0.3) is 21.8 Å². The molecule has 0 spiro atoms. The molecule has 0 radical (unpaired) electrons. The van der Waals surface area contributed by atoms with Gasteiger partial charge >= 0.3 is 0 Å². The maximum Gasteiger partial charge on any atom is 0.288 e. The lowest BCUT2D eigenvalue weighted by molar-refractivity contribution is -0.124. The van der Waals surface area contributed by atoms with Crippen molar-refractivity contribution < 1.29 is 4.79 Å². The van der Waals surface area contributed by atoms with Crippen molar-refractivity contribution in [2.24, 2.45) is 0 Å². The van der Waals surface area contributed by atoms with E-state index in [1.807, 2.05) is 54.0 Å². The Labute approximate surface area is 166 Å². The summed E-state index contributed by atoms with van der Waals surface area (Å²) in [5.41, 5.74) is 1.90. The summed E-state index contributed by atoms with van der Waals surface area (Å²) in [6, 6.07) is 14.5. The van der Waals surface area contributed by atoms with E-state index in [-0.39, 0.29) is 11.5 Å². The van der Waals surface area contributed by atoms with Gasteiger partial charge in [-0.1, -0.05) is 48.9 Å².